The Bertz CT molecular complexity index is 474. The van der Waals surface area contributed by atoms with E-state index in [0.717, 1.165) is 30.7 Å². The number of hydrogen-bond donors (Lipinski definition) is 2. The molecule has 0 bridgehead atoms. The predicted molar refractivity (Wildman–Crippen MR) is 86.8 cm³/mol. The van der Waals surface area contributed by atoms with Crippen LogP contribution in [0, 0.1) is 0 Å². The van der Waals surface area contributed by atoms with Gasteiger partial charge in [0.25, 0.3) is 5.91 Å². The second-order valence-electron chi connectivity index (χ2n) is 6.59. The van der Waals surface area contributed by atoms with E-state index in [1.54, 1.807) is 11.9 Å². The van der Waals surface area contributed by atoms with Crippen LogP contribution in [0.3, 0.4) is 0 Å². The largest absolute Gasteiger partial charge is 0.353 e. The van der Waals surface area contributed by atoms with Crippen molar-refractivity contribution in [3.63, 3.8) is 0 Å². The number of nitrogens with zero attached hydrogens (tertiary/aromatic N) is 2. The molecule has 1 spiro atoms. The number of hydrogen-bond acceptors (Lipinski definition) is 4. The molecule has 130 valence electrons. The third-order valence-electron chi connectivity index (χ3n) is 4.94. The van der Waals surface area contributed by atoms with Gasteiger partial charge in [0, 0.05) is 19.6 Å². The highest BCUT2D eigenvalue weighted by Gasteiger charge is 2.55. The van der Waals surface area contributed by atoms with Gasteiger partial charge < -0.3 is 15.5 Å². The molecule has 1 aliphatic heterocycles. The first-order valence-electron chi connectivity index (χ1n) is 8.52. The number of likely N-dealkylation sites (N-methyl/N-ethyl adjacent to an activating group) is 2. The molecule has 1 heterocycles. The van der Waals surface area contributed by atoms with Crippen molar-refractivity contribution < 1.29 is 14.4 Å². The van der Waals surface area contributed by atoms with Crippen molar-refractivity contribution in [3.8, 4) is 0 Å². The fourth-order valence-electron chi connectivity index (χ4n) is 3.56. The average molecular weight is 324 g/mol. The fraction of sp³-hybridized carbons (Fsp3) is 0.812. The molecule has 0 aromatic carbocycles. The molecule has 1 saturated heterocycles. The summed E-state index contributed by atoms with van der Waals surface area (Å²) in [6.45, 7) is 5.08. The maximum absolute atomic E-state index is 12.8. The Balaban J connectivity index is 1.96. The minimum absolute atomic E-state index is 0.154. The molecule has 2 N–H and O–H groups in total. The van der Waals surface area contributed by atoms with Crippen molar-refractivity contribution >= 4 is 17.8 Å². The second-order valence-corrected chi connectivity index (χ2v) is 6.59. The Morgan fingerprint density at radius 1 is 1.26 bits per heavy atom. The maximum Gasteiger partial charge on any atom is 0.327 e. The summed E-state index contributed by atoms with van der Waals surface area (Å²) < 4.78 is 0. The quantitative estimate of drug-likeness (QED) is 0.705. The first-order chi connectivity index (χ1) is 10.9. The lowest BCUT2D eigenvalue weighted by Gasteiger charge is -2.35. The van der Waals surface area contributed by atoms with Crippen LogP contribution in [-0.4, -0.2) is 65.9 Å². The number of carbonyl (C=O) groups excluding carboxylic acids is 3. The molecule has 2 aliphatic rings. The molecule has 4 amide bonds. The lowest BCUT2D eigenvalue weighted by atomic mass is 9.81. The monoisotopic (exact) mass is 324 g/mol. The van der Waals surface area contributed by atoms with Crippen molar-refractivity contribution in [2.75, 3.05) is 26.7 Å². The highest BCUT2D eigenvalue weighted by atomic mass is 16.2. The predicted octanol–water partition coefficient (Wildman–Crippen LogP) is 0.698. The van der Waals surface area contributed by atoms with Crippen molar-refractivity contribution in [1.82, 2.24) is 20.4 Å². The average Bonchev–Trinajstić information content (AvgIpc) is 2.70. The van der Waals surface area contributed by atoms with Crippen LogP contribution < -0.4 is 10.6 Å². The topological polar surface area (TPSA) is 81.8 Å². The molecule has 7 heteroatoms. The molecule has 23 heavy (non-hydrogen) atoms. The van der Waals surface area contributed by atoms with Crippen LogP contribution in [0.5, 0.6) is 0 Å². The van der Waals surface area contributed by atoms with Crippen LogP contribution in [0.15, 0.2) is 0 Å². The molecular weight excluding hydrogens is 296 g/mol. The van der Waals surface area contributed by atoms with Gasteiger partial charge in [0.1, 0.15) is 12.1 Å². The molecule has 0 unspecified atom stereocenters. The summed E-state index contributed by atoms with van der Waals surface area (Å²) in [6, 6.07) is -0.201. The number of rotatable bonds is 6. The zero-order chi connectivity index (χ0) is 17.0. The zero-order valence-corrected chi connectivity index (χ0v) is 14.4. The van der Waals surface area contributed by atoms with Crippen molar-refractivity contribution in [2.45, 2.75) is 57.5 Å². The van der Waals surface area contributed by atoms with E-state index in [2.05, 4.69) is 10.6 Å². The molecule has 7 nitrogen and oxygen atoms in total. The number of nitrogens with one attached hydrogen (secondary N) is 2. The van der Waals surface area contributed by atoms with Gasteiger partial charge in [-0.15, -0.1) is 0 Å². The Labute approximate surface area is 137 Å². The van der Waals surface area contributed by atoms with E-state index in [4.69, 9.17) is 0 Å². The number of urea groups is 1. The normalized spacial score (nSPS) is 21.9. The first-order valence-corrected chi connectivity index (χ1v) is 8.52. The van der Waals surface area contributed by atoms with Crippen molar-refractivity contribution in [1.29, 1.82) is 0 Å². The molecule has 0 aromatic rings. The lowest BCUT2D eigenvalue weighted by molar-refractivity contribution is -0.137. The van der Waals surface area contributed by atoms with E-state index in [1.807, 2.05) is 13.8 Å². The second kappa shape index (κ2) is 7.29. The van der Waals surface area contributed by atoms with Gasteiger partial charge in [0.05, 0.1) is 0 Å². The minimum Gasteiger partial charge on any atom is -0.353 e. The van der Waals surface area contributed by atoms with Gasteiger partial charge in [0.2, 0.25) is 5.91 Å². The van der Waals surface area contributed by atoms with E-state index in [0.29, 0.717) is 19.4 Å². The van der Waals surface area contributed by atoms with E-state index < -0.39 is 5.54 Å². The van der Waals surface area contributed by atoms with Crippen molar-refractivity contribution in [2.24, 2.45) is 0 Å². The van der Waals surface area contributed by atoms with Crippen LogP contribution in [0.25, 0.3) is 0 Å². The number of carbonyl (C=O) groups is 3. The molecule has 1 atom stereocenters. The van der Waals surface area contributed by atoms with E-state index >= 15 is 0 Å². The van der Waals surface area contributed by atoms with Crippen LogP contribution >= 0.6 is 0 Å². The molecular formula is C16H28N4O3. The van der Waals surface area contributed by atoms with E-state index in [1.165, 1.54) is 0 Å². The SMILES string of the molecule is CCN[C@H](C)CNC(=O)CN1C(=O)N(C)C2(CCCCC2)C1=O. The fourth-order valence-corrected chi connectivity index (χ4v) is 3.56. The summed E-state index contributed by atoms with van der Waals surface area (Å²) in [4.78, 5) is 39.9. The molecule has 1 aliphatic carbocycles. The third-order valence-corrected chi connectivity index (χ3v) is 4.94. The Hall–Kier alpha value is -1.63. The van der Waals surface area contributed by atoms with Gasteiger partial charge in [-0.2, -0.15) is 0 Å². The highest BCUT2D eigenvalue weighted by Crippen LogP contribution is 2.39. The molecule has 0 aromatic heterocycles. The van der Waals surface area contributed by atoms with Gasteiger partial charge in [-0.25, -0.2) is 4.79 Å². The summed E-state index contributed by atoms with van der Waals surface area (Å²) in [6.07, 6.45) is 4.39. The summed E-state index contributed by atoms with van der Waals surface area (Å²) in [5.74, 6) is -0.503. The van der Waals surface area contributed by atoms with E-state index in [9.17, 15) is 14.4 Å². The Kier molecular flexibility index (Phi) is 5.62. The minimum atomic E-state index is -0.716. The van der Waals surface area contributed by atoms with Gasteiger partial charge in [-0.1, -0.05) is 26.2 Å². The number of imide groups is 1. The van der Waals surface area contributed by atoms with Gasteiger partial charge in [0.15, 0.2) is 0 Å². The van der Waals surface area contributed by atoms with Crippen LogP contribution in [0.1, 0.15) is 46.0 Å². The summed E-state index contributed by atoms with van der Waals surface area (Å²) in [7, 11) is 1.68. The zero-order valence-electron chi connectivity index (χ0n) is 14.4. The first kappa shape index (κ1) is 17.7. The molecule has 2 rings (SSSR count). The summed E-state index contributed by atoms with van der Waals surface area (Å²) in [5, 5.41) is 5.97. The highest BCUT2D eigenvalue weighted by molar-refractivity contribution is 6.08. The van der Waals surface area contributed by atoms with Gasteiger partial charge >= 0.3 is 6.03 Å². The smallest absolute Gasteiger partial charge is 0.327 e. The van der Waals surface area contributed by atoms with E-state index in [-0.39, 0.29) is 30.4 Å². The lowest BCUT2D eigenvalue weighted by Crippen LogP contribution is -2.49. The third kappa shape index (κ3) is 3.49. The molecule has 2 fully saturated rings. The summed E-state index contributed by atoms with van der Waals surface area (Å²) in [5.41, 5.74) is -0.716. The van der Waals surface area contributed by atoms with Crippen LogP contribution in [-0.2, 0) is 9.59 Å². The Morgan fingerprint density at radius 2 is 1.91 bits per heavy atom. The van der Waals surface area contributed by atoms with Crippen molar-refractivity contribution in [3.05, 3.63) is 0 Å². The maximum atomic E-state index is 12.8. The Morgan fingerprint density at radius 3 is 2.52 bits per heavy atom. The standard InChI is InChI=1S/C16H28N4O3/c1-4-17-12(2)10-18-13(21)11-20-14(22)16(19(3)15(20)23)8-6-5-7-9-16/h12,17H,4-11H2,1-3H3,(H,18,21)/t12-/m1/s1. The number of amides is 4. The van der Waals surface area contributed by atoms with Gasteiger partial charge in [-0.05, 0) is 26.3 Å². The molecule has 0 radical (unpaired) electrons. The van der Waals surface area contributed by atoms with Gasteiger partial charge in [-0.3, -0.25) is 14.5 Å². The van der Waals surface area contributed by atoms with Crippen LogP contribution in [0.2, 0.25) is 0 Å². The van der Waals surface area contributed by atoms with Crippen LogP contribution in [0.4, 0.5) is 4.79 Å². The summed E-state index contributed by atoms with van der Waals surface area (Å²) >= 11 is 0. The molecule has 1 saturated carbocycles.